The van der Waals surface area contributed by atoms with Gasteiger partial charge in [0.25, 0.3) is 0 Å². The molecule has 0 spiro atoms. The van der Waals surface area contributed by atoms with Crippen LogP contribution in [0.15, 0.2) is 5.16 Å². The zero-order valence-corrected chi connectivity index (χ0v) is 7.35. The summed E-state index contributed by atoms with van der Waals surface area (Å²) >= 11 is 0. The van der Waals surface area contributed by atoms with Gasteiger partial charge >= 0.3 is 0 Å². The van der Waals surface area contributed by atoms with Crippen molar-refractivity contribution in [2.45, 2.75) is 34.1 Å². The molecule has 0 saturated heterocycles. The fourth-order valence-electron chi connectivity index (χ4n) is 0.479. The Morgan fingerprint density at radius 2 is 2.00 bits per heavy atom. The van der Waals surface area contributed by atoms with E-state index >= 15 is 0 Å². The molecule has 0 aliphatic heterocycles. The molecule has 0 aromatic carbocycles. The maximum Gasteiger partial charge on any atom is 0.117 e. The van der Waals surface area contributed by atoms with E-state index in [0.29, 0.717) is 12.0 Å². The third-order valence-corrected chi connectivity index (χ3v) is 1.12. The second-order valence-electron chi connectivity index (χ2n) is 3.51. The van der Waals surface area contributed by atoms with Gasteiger partial charge in [0, 0.05) is 6.21 Å². The van der Waals surface area contributed by atoms with E-state index in [0.717, 1.165) is 6.42 Å². The molecule has 0 atom stereocenters. The van der Waals surface area contributed by atoms with E-state index < -0.39 is 0 Å². The van der Waals surface area contributed by atoms with E-state index in [9.17, 15) is 0 Å². The summed E-state index contributed by atoms with van der Waals surface area (Å²) in [4.78, 5) is 4.93. The second-order valence-corrected chi connectivity index (χ2v) is 3.51. The van der Waals surface area contributed by atoms with Crippen molar-refractivity contribution < 1.29 is 4.84 Å². The molecule has 0 fully saturated rings. The highest BCUT2D eigenvalue weighted by Crippen LogP contribution is 2.17. The zero-order chi connectivity index (χ0) is 8.04. The highest BCUT2D eigenvalue weighted by molar-refractivity contribution is 5.52. The fraction of sp³-hybridized carbons (Fsp3) is 0.875. The molecule has 0 heterocycles. The van der Waals surface area contributed by atoms with Crippen molar-refractivity contribution in [3.8, 4) is 0 Å². The molecule has 0 rings (SSSR count). The lowest BCUT2D eigenvalue weighted by Crippen LogP contribution is -2.07. The first-order valence-electron chi connectivity index (χ1n) is 3.66. The van der Waals surface area contributed by atoms with Crippen LogP contribution in [0.25, 0.3) is 0 Å². The first kappa shape index (κ1) is 9.47. The van der Waals surface area contributed by atoms with Crippen molar-refractivity contribution in [1.82, 2.24) is 0 Å². The van der Waals surface area contributed by atoms with Crippen LogP contribution >= 0.6 is 0 Å². The van der Waals surface area contributed by atoms with Crippen molar-refractivity contribution in [1.29, 1.82) is 0 Å². The number of hydrogen-bond donors (Lipinski definition) is 0. The Morgan fingerprint density at radius 3 is 2.40 bits per heavy atom. The summed E-state index contributed by atoms with van der Waals surface area (Å²) in [5.41, 5.74) is 0.350. The van der Waals surface area contributed by atoms with Gasteiger partial charge in [0.1, 0.15) is 6.61 Å². The summed E-state index contributed by atoms with van der Waals surface area (Å²) < 4.78 is 0. The molecular weight excluding hydrogens is 126 g/mol. The molecule has 0 aromatic rings. The lowest BCUT2D eigenvalue weighted by Gasteiger charge is -2.15. The quantitative estimate of drug-likeness (QED) is 0.338. The summed E-state index contributed by atoms with van der Waals surface area (Å²) in [6, 6.07) is 0. The Hall–Kier alpha value is -0.530. The van der Waals surface area contributed by atoms with Crippen LogP contribution in [0, 0.1) is 5.41 Å². The van der Waals surface area contributed by atoms with Gasteiger partial charge in [-0.2, -0.15) is 0 Å². The van der Waals surface area contributed by atoms with Crippen LogP contribution in [0.3, 0.4) is 0 Å². The van der Waals surface area contributed by atoms with Gasteiger partial charge in [0.15, 0.2) is 0 Å². The van der Waals surface area contributed by atoms with Crippen LogP contribution in [-0.2, 0) is 4.84 Å². The molecule has 60 valence electrons. The molecule has 2 heteroatoms. The van der Waals surface area contributed by atoms with Crippen LogP contribution in [0.2, 0.25) is 0 Å². The second kappa shape index (κ2) is 4.31. The van der Waals surface area contributed by atoms with Crippen molar-refractivity contribution in [3.63, 3.8) is 0 Å². The Morgan fingerprint density at radius 1 is 1.40 bits per heavy atom. The van der Waals surface area contributed by atoms with Crippen molar-refractivity contribution in [2.24, 2.45) is 10.6 Å². The maximum atomic E-state index is 4.93. The standard InChI is InChI=1S/C8H17NO/c1-5-9-10-7-6-8(2,3)4/h5H,6-7H2,1-4H3/b9-5+. The molecular formula is C8H17NO. The van der Waals surface area contributed by atoms with Gasteiger partial charge in [-0.15, -0.1) is 0 Å². The van der Waals surface area contributed by atoms with Crippen LogP contribution in [0.4, 0.5) is 0 Å². The predicted octanol–water partition coefficient (Wildman–Crippen LogP) is 2.44. The van der Waals surface area contributed by atoms with Crippen molar-refractivity contribution >= 4 is 6.21 Å². The van der Waals surface area contributed by atoms with Gasteiger partial charge in [0.2, 0.25) is 0 Å². The normalized spacial score (nSPS) is 12.4. The van der Waals surface area contributed by atoms with Gasteiger partial charge in [-0.05, 0) is 18.8 Å². The topological polar surface area (TPSA) is 21.6 Å². The summed E-state index contributed by atoms with van der Waals surface area (Å²) in [6.45, 7) is 9.12. The SMILES string of the molecule is C/C=N/OCCC(C)(C)C. The molecule has 0 aliphatic carbocycles. The maximum absolute atomic E-state index is 4.93. The third-order valence-electron chi connectivity index (χ3n) is 1.12. The summed E-state index contributed by atoms with van der Waals surface area (Å²) in [6.07, 6.45) is 2.70. The number of rotatable bonds is 3. The number of nitrogens with zero attached hydrogens (tertiary/aromatic N) is 1. The molecule has 0 amide bonds. The molecule has 0 unspecified atom stereocenters. The lowest BCUT2D eigenvalue weighted by molar-refractivity contribution is 0.117. The van der Waals surface area contributed by atoms with E-state index in [1.165, 1.54) is 0 Å². The van der Waals surface area contributed by atoms with E-state index in [1.807, 2.05) is 6.92 Å². The summed E-state index contributed by atoms with van der Waals surface area (Å²) in [7, 11) is 0. The van der Waals surface area contributed by atoms with Crippen molar-refractivity contribution in [2.75, 3.05) is 6.61 Å². The van der Waals surface area contributed by atoms with E-state index in [-0.39, 0.29) is 0 Å². The molecule has 2 nitrogen and oxygen atoms in total. The van der Waals surface area contributed by atoms with Crippen molar-refractivity contribution in [3.05, 3.63) is 0 Å². The first-order valence-corrected chi connectivity index (χ1v) is 3.66. The zero-order valence-electron chi connectivity index (χ0n) is 7.35. The minimum absolute atomic E-state index is 0.350. The number of oxime groups is 1. The lowest BCUT2D eigenvalue weighted by atomic mass is 9.93. The smallest absolute Gasteiger partial charge is 0.117 e. The van der Waals surface area contributed by atoms with Gasteiger partial charge in [-0.1, -0.05) is 25.9 Å². The van der Waals surface area contributed by atoms with Crippen LogP contribution < -0.4 is 0 Å². The molecule has 0 aromatic heterocycles. The largest absolute Gasteiger partial charge is 0.396 e. The van der Waals surface area contributed by atoms with E-state index in [1.54, 1.807) is 6.21 Å². The van der Waals surface area contributed by atoms with Gasteiger partial charge < -0.3 is 4.84 Å². The average molecular weight is 143 g/mol. The Balaban J connectivity index is 3.20. The van der Waals surface area contributed by atoms with Crippen LogP contribution in [-0.4, -0.2) is 12.8 Å². The number of hydrogen-bond acceptors (Lipinski definition) is 2. The third kappa shape index (κ3) is 7.47. The molecule has 0 saturated carbocycles. The molecule has 0 aliphatic rings. The van der Waals surface area contributed by atoms with Gasteiger partial charge in [-0.3, -0.25) is 0 Å². The van der Waals surface area contributed by atoms with Crippen LogP contribution in [0.5, 0.6) is 0 Å². The minimum atomic E-state index is 0.350. The highest BCUT2D eigenvalue weighted by Gasteiger charge is 2.08. The minimum Gasteiger partial charge on any atom is -0.396 e. The molecule has 0 N–H and O–H groups in total. The average Bonchev–Trinajstić information content (AvgIpc) is 1.78. The highest BCUT2D eigenvalue weighted by atomic mass is 16.6. The van der Waals surface area contributed by atoms with E-state index in [2.05, 4.69) is 25.9 Å². The molecule has 10 heavy (non-hydrogen) atoms. The first-order chi connectivity index (χ1) is 4.56. The fourth-order valence-corrected chi connectivity index (χ4v) is 0.479. The summed E-state index contributed by atoms with van der Waals surface area (Å²) in [5, 5.41) is 3.65. The molecule has 0 radical (unpaired) electrons. The molecule has 0 bridgehead atoms. The Kier molecular flexibility index (Phi) is 4.08. The Bertz CT molecular complexity index is 102. The van der Waals surface area contributed by atoms with Gasteiger partial charge in [-0.25, -0.2) is 0 Å². The van der Waals surface area contributed by atoms with Crippen LogP contribution in [0.1, 0.15) is 34.1 Å². The van der Waals surface area contributed by atoms with Gasteiger partial charge in [0.05, 0.1) is 0 Å². The monoisotopic (exact) mass is 143 g/mol. The predicted molar refractivity (Wildman–Crippen MR) is 44.2 cm³/mol. The summed E-state index contributed by atoms with van der Waals surface area (Å²) in [5.74, 6) is 0. The Labute approximate surface area is 63.3 Å². The van der Waals surface area contributed by atoms with E-state index in [4.69, 9.17) is 4.84 Å².